The molecule has 0 unspecified atom stereocenters. The third-order valence-corrected chi connectivity index (χ3v) is 3.35. The van der Waals surface area contributed by atoms with Gasteiger partial charge in [0.25, 0.3) is 5.69 Å². The second kappa shape index (κ2) is 7.32. The average Bonchev–Trinajstić information content (AvgIpc) is 2.37. The van der Waals surface area contributed by atoms with Gasteiger partial charge in [0.15, 0.2) is 0 Å². The highest BCUT2D eigenvalue weighted by atomic mass is 35.5. The number of nitrogens with two attached hydrogens (primary N) is 1. The smallest absolute Gasteiger partial charge is 0.271 e. The Hall–Kier alpha value is -1.31. The maximum absolute atomic E-state index is 11.8. The van der Waals surface area contributed by atoms with Crippen molar-refractivity contribution in [2.24, 2.45) is 5.73 Å². The number of hydrogen-bond acceptors (Lipinski definition) is 5. The van der Waals surface area contributed by atoms with Crippen molar-refractivity contribution < 1.29 is 9.72 Å². The molecule has 19 heavy (non-hydrogen) atoms. The molecule has 0 saturated carbocycles. The Bertz CT molecular complexity index is 484. The van der Waals surface area contributed by atoms with Gasteiger partial charge in [0, 0.05) is 12.1 Å². The number of nitrogens with zero attached hydrogens (tertiary/aromatic N) is 1. The molecule has 104 valence electrons. The maximum atomic E-state index is 11.8. The molecule has 1 atom stereocenters. The van der Waals surface area contributed by atoms with Crippen molar-refractivity contribution in [2.75, 3.05) is 17.3 Å². The number of thioether (sulfide) groups is 1. The van der Waals surface area contributed by atoms with Gasteiger partial charge in [-0.15, -0.1) is 0 Å². The van der Waals surface area contributed by atoms with E-state index in [4.69, 9.17) is 17.3 Å². The molecule has 8 heteroatoms. The van der Waals surface area contributed by atoms with Crippen molar-refractivity contribution >= 4 is 40.6 Å². The summed E-state index contributed by atoms with van der Waals surface area (Å²) in [6.07, 6.45) is 2.48. The van der Waals surface area contributed by atoms with Crippen LogP contribution < -0.4 is 11.1 Å². The van der Waals surface area contributed by atoms with Gasteiger partial charge in [0.2, 0.25) is 5.91 Å². The fourth-order valence-electron chi connectivity index (χ4n) is 1.32. The monoisotopic (exact) mass is 303 g/mol. The van der Waals surface area contributed by atoms with Crippen molar-refractivity contribution in [1.29, 1.82) is 0 Å². The number of nitro groups is 1. The van der Waals surface area contributed by atoms with E-state index < -0.39 is 11.0 Å². The van der Waals surface area contributed by atoms with Crippen LogP contribution in [0.5, 0.6) is 0 Å². The molecule has 6 nitrogen and oxygen atoms in total. The first-order chi connectivity index (χ1) is 8.95. The van der Waals surface area contributed by atoms with Gasteiger partial charge in [-0.25, -0.2) is 0 Å². The zero-order valence-corrected chi connectivity index (χ0v) is 11.8. The molecule has 0 heterocycles. The van der Waals surface area contributed by atoms with Crippen molar-refractivity contribution in [1.82, 2.24) is 0 Å². The summed E-state index contributed by atoms with van der Waals surface area (Å²) in [6, 6.07) is 3.22. The number of anilines is 1. The normalized spacial score (nSPS) is 11.9. The molecule has 3 N–H and O–H groups in total. The number of carbonyl (C=O) groups is 1. The van der Waals surface area contributed by atoms with Gasteiger partial charge >= 0.3 is 0 Å². The van der Waals surface area contributed by atoms with E-state index in [0.717, 1.165) is 5.75 Å². The Labute approximate surface area is 119 Å². The summed E-state index contributed by atoms with van der Waals surface area (Å²) in [6.45, 7) is 0. The minimum Gasteiger partial charge on any atom is -0.323 e. The maximum Gasteiger partial charge on any atom is 0.271 e. The van der Waals surface area contributed by atoms with Crippen LogP contribution in [0.2, 0.25) is 5.02 Å². The van der Waals surface area contributed by atoms with Crippen LogP contribution in [0.25, 0.3) is 0 Å². The van der Waals surface area contributed by atoms with Crippen molar-refractivity contribution in [2.45, 2.75) is 12.5 Å². The Balaban J connectivity index is 2.72. The molecule has 1 rings (SSSR count). The molecule has 0 bridgehead atoms. The lowest BCUT2D eigenvalue weighted by atomic mass is 10.2. The highest BCUT2D eigenvalue weighted by Crippen LogP contribution is 2.26. The molecule has 0 aromatic heterocycles. The predicted molar refractivity (Wildman–Crippen MR) is 77.7 cm³/mol. The van der Waals surface area contributed by atoms with Crippen LogP contribution in [0.4, 0.5) is 11.4 Å². The number of non-ortho nitro benzene ring substituents is 1. The summed E-state index contributed by atoms with van der Waals surface area (Å²) in [4.78, 5) is 21.7. The van der Waals surface area contributed by atoms with Crippen LogP contribution in [0, 0.1) is 10.1 Å². The number of halogens is 1. The van der Waals surface area contributed by atoms with Gasteiger partial charge < -0.3 is 11.1 Å². The Morgan fingerprint density at radius 2 is 2.32 bits per heavy atom. The molecule has 0 aliphatic heterocycles. The third kappa shape index (κ3) is 4.70. The van der Waals surface area contributed by atoms with Crippen molar-refractivity contribution in [3.63, 3.8) is 0 Å². The molecule has 0 aliphatic carbocycles. The zero-order valence-electron chi connectivity index (χ0n) is 10.3. The molecule has 0 aliphatic rings. The van der Waals surface area contributed by atoms with E-state index >= 15 is 0 Å². The fraction of sp³-hybridized carbons (Fsp3) is 0.364. The lowest BCUT2D eigenvalue weighted by molar-refractivity contribution is -0.384. The Morgan fingerprint density at radius 3 is 2.84 bits per heavy atom. The molecule has 1 aromatic carbocycles. The molecule has 0 saturated heterocycles. The van der Waals surface area contributed by atoms with Crippen molar-refractivity contribution in [3.8, 4) is 0 Å². The molecule has 0 fully saturated rings. The molecule has 0 spiro atoms. The first-order valence-corrected chi connectivity index (χ1v) is 7.22. The average molecular weight is 304 g/mol. The first kappa shape index (κ1) is 15.7. The largest absolute Gasteiger partial charge is 0.323 e. The van der Waals surface area contributed by atoms with Gasteiger partial charge in [0.05, 0.1) is 21.7 Å². The summed E-state index contributed by atoms with van der Waals surface area (Å²) in [7, 11) is 0. The van der Waals surface area contributed by atoms with Crippen LogP contribution in [0.3, 0.4) is 0 Å². The summed E-state index contributed by atoms with van der Waals surface area (Å²) in [5.41, 5.74) is 5.89. The van der Waals surface area contributed by atoms with Crippen LogP contribution in [0.1, 0.15) is 6.42 Å². The summed E-state index contributed by atoms with van der Waals surface area (Å²) in [5.74, 6) is 0.424. The number of benzene rings is 1. The van der Waals surface area contributed by atoms with Gasteiger partial charge in [-0.2, -0.15) is 11.8 Å². The van der Waals surface area contributed by atoms with E-state index in [1.54, 1.807) is 11.8 Å². The second-order valence-electron chi connectivity index (χ2n) is 3.80. The van der Waals surface area contributed by atoms with Gasteiger partial charge in [0.1, 0.15) is 0 Å². The molecule has 0 radical (unpaired) electrons. The highest BCUT2D eigenvalue weighted by molar-refractivity contribution is 7.98. The van der Waals surface area contributed by atoms with E-state index in [0.29, 0.717) is 12.1 Å². The SMILES string of the molecule is CSCC[C@@H](N)C(=O)Nc1ccc([N+](=O)[O-])cc1Cl. The van der Waals surface area contributed by atoms with Crippen LogP contribution in [-0.4, -0.2) is 28.9 Å². The van der Waals surface area contributed by atoms with E-state index in [1.807, 2.05) is 6.26 Å². The Kier molecular flexibility index (Phi) is 6.07. The summed E-state index contributed by atoms with van der Waals surface area (Å²) in [5, 5.41) is 13.2. The van der Waals surface area contributed by atoms with Crippen LogP contribution >= 0.6 is 23.4 Å². The molecule has 1 aromatic rings. The number of carbonyl (C=O) groups excluding carboxylic acids is 1. The highest BCUT2D eigenvalue weighted by Gasteiger charge is 2.16. The predicted octanol–water partition coefficient (Wildman–Crippen LogP) is 2.27. The van der Waals surface area contributed by atoms with E-state index in [1.165, 1.54) is 18.2 Å². The molecular weight excluding hydrogens is 290 g/mol. The molecular formula is C11H14ClN3O3S. The standard InChI is InChI=1S/C11H14ClN3O3S/c1-19-5-4-9(13)11(16)14-10-3-2-7(15(17)18)6-8(10)12/h2-3,6,9H,4-5,13H2,1H3,(H,14,16)/t9-/m1/s1. The van der Waals surface area contributed by atoms with Crippen molar-refractivity contribution in [3.05, 3.63) is 33.3 Å². The van der Waals surface area contributed by atoms with E-state index in [2.05, 4.69) is 5.32 Å². The van der Waals surface area contributed by atoms with Crippen LogP contribution in [-0.2, 0) is 4.79 Å². The number of nitro benzene ring substituents is 1. The lowest BCUT2D eigenvalue weighted by Gasteiger charge is -2.12. The zero-order chi connectivity index (χ0) is 14.4. The minimum absolute atomic E-state index is 0.111. The summed E-state index contributed by atoms with van der Waals surface area (Å²) < 4.78 is 0. The van der Waals surface area contributed by atoms with Gasteiger partial charge in [-0.05, 0) is 24.5 Å². The number of amides is 1. The van der Waals surface area contributed by atoms with E-state index in [9.17, 15) is 14.9 Å². The number of nitrogens with one attached hydrogen (secondary N) is 1. The minimum atomic E-state index is -0.626. The number of hydrogen-bond donors (Lipinski definition) is 2. The second-order valence-corrected chi connectivity index (χ2v) is 5.19. The van der Waals surface area contributed by atoms with Gasteiger partial charge in [-0.3, -0.25) is 14.9 Å². The van der Waals surface area contributed by atoms with E-state index in [-0.39, 0.29) is 16.6 Å². The topological polar surface area (TPSA) is 98.3 Å². The number of rotatable bonds is 6. The lowest BCUT2D eigenvalue weighted by Crippen LogP contribution is -2.36. The summed E-state index contributed by atoms with van der Waals surface area (Å²) >= 11 is 7.46. The third-order valence-electron chi connectivity index (χ3n) is 2.39. The fourth-order valence-corrected chi connectivity index (χ4v) is 2.03. The first-order valence-electron chi connectivity index (χ1n) is 5.45. The molecule has 1 amide bonds. The van der Waals surface area contributed by atoms with Crippen LogP contribution in [0.15, 0.2) is 18.2 Å². The quantitative estimate of drug-likeness (QED) is 0.620. The van der Waals surface area contributed by atoms with Gasteiger partial charge in [-0.1, -0.05) is 11.6 Å². The Morgan fingerprint density at radius 1 is 1.63 bits per heavy atom.